The third-order valence-corrected chi connectivity index (χ3v) is 5.11. The van der Waals surface area contributed by atoms with E-state index in [0.29, 0.717) is 44.5 Å². The highest BCUT2D eigenvalue weighted by atomic mass is 16.2. The average Bonchev–Trinajstić information content (AvgIpc) is 3.22. The maximum absolute atomic E-state index is 12.6. The lowest BCUT2D eigenvalue weighted by atomic mass is 10.1. The number of nitrogens with zero attached hydrogens (tertiary/aromatic N) is 4. The van der Waals surface area contributed by atoms with Gasteiger partial charge in [0.25, 0.3) is 0 Å². The molecule has 1 saturated heterocycles. The van der Waals surface area contributed by atoms with Crippen LogP contribution >= 0.6 is 0 Å². The van der Waals surface area contributed by atoms with E-state index in [1.807, 2.05) is 42.8 Å². The highest BCUT2D eigenvalue weighted by molar-refractivity contribution is 6.02. The molecule has 0 atom stereocenters. The van der Waals surface area contributed by atoms with Crippen molar-refractivity contribution in [2.75, 3.05) is 16.8 Å². The molecule has 0 saturated carbocycles. The summed E-state index contributed by atoms with van der Waals surface area (Å²) in [6.07, 6.45) is 2.72. The first-order valence-corrected chi connectivity index (χ1v) is 9.60. The predicted molar refractivity (Wildman–Crippen MR) is 107 cm³/mol. The van der Waals surface area contributed by atoms with Gasteiger partial charge >= 0.3 is 0 Å². The first-order chi connectivity index (χ1) is 13.5. The van der Waals surface area contributed by atoms with Gasteiger partial charge in [-0.3, -0.25) is 14.3 Å². The van der Waals surface area contributed by atoms with Gasteiger partial charge in [0.15, 0.2) is 0 Å². The second-order valence-electron chi connectivity index (χ2n) is 6.99. The zero-order valence-corrected chi connectivity index (χ0v) is 16.4. The van der Waals surface area contributed by atoms with E-state index in [-0.39, 0.29) is 11.8 Å². The van der Waals surface area contributed by atoms with Gasteiger partial charge in [0.1, 0.15) is 0 Å². The second-order valence-corrected chi connectivity index (χ2v) is 6.99. The molecule has 0 spiro atoms. The van der Waals surface area contributed by atoms with Crippen molar-refractivity contribution in [2.45, 2.75) is 52.5 Å². The normalized spacial score (nSPS) is 13.6. The first-order valence-electron chi connectivity index (χ1n) is 9.60. The lowest BCUT2D eigenvalue weighted by molar-refractivity contribution is -0.117. The van der Waals surface area contributed by atoms with Gasteiger partial charge in [-0.1, -0.05) is 12.1 Å². The van der Waals surface area contributed by atoms with Gasteiger partial charge in [-0.2, -0.15) is 10.4 Å². The fraction of sp³-hybridized carbons (Fsp3) is 0.429. The van der Waals surface area contributed by atoms with Gasteiger partial charge in [-0.05, 0) is 44.4 Å². The Morgan fingerprint density at radius 3 is 2.82 bits per heavy atom. The van der Waals surface area contributed by atoms with E-state index in [4.69, 9.17) is 5.26 Å². The minimum absolute atomic E-state index is 0.0947. The van der Waals surface area contributed by atoms with Crippen LogP contribution in [0.15, 0.2) is 24.3 Å². The average molecular weight is 379 g/mol. The van der Waals surface area contributed by atoms with Crippen LogP contribution in [0.1, 0.15) is 42.6 Å². The molecule has 2 heterocycles. The van der Waals surface area contributed by atoms with E-state index in [1.165, 1.54) is 0 Å². The van der Waals surface area contributed by atoms with Crippen LogP contribution in [0.2, 0.25) is 0 Å². The molecule has 1 aromatic carbocycles. The Morgan fingerprint density at radius 2 is 2.11 bits per heavy atom. The van der Waals surface area contributed by atoms with Crippen molar-refractivity contribution in [3.05, 3.63) is 41.2 Å². The molecule has 7 heteroatoms. The van der Waals surface area contributed by atoms with Gasteiger partial charge in [0.05, 0.1) is 36.1 Å². The molecule has 28 heavy (non-hydrogen) atoms. The van der Waals surface area contributed by atoms with Crippen LogP contribution in [0.3, 0.4) is 0 Å². The molecule has 0 aliphatic carbocycles. The van der Waals surface area contributed by atoms with Crippen LogP contribution in [0, 0.1) is 25.2 Å². The molecule has 1 aromatic heterocycles. The number of nitrogens with one attached hydrogen (secondary N) is 1. The van der Waals surface area contributed by atoms with E-state index in [2.05, 4.69) is 16.5 Å². The molecule has 1 fully saturated rings. The molecule has 146 valence electrons. The largest absolute Gasteiger partial charge is 0.324 e. The maximum Gasteiger partial charge on any atom is 0.227 e. The standard InChI is InChI=1S/C21H25N5O2/c1-15-17(16(2)26(24-15)14-6-12-22)10-11-20(27)23-18-7-3-4-8-19(18)25-13-5-9-21(25)28/h3-4,7-8H,5-6,9-11,13-14H2,1-2H3,(H,23,27). The number of aryl methyl sites for hydroxylation is 2. The third-order valence-electron chi connectivity index (χ3n) is 5.11. The fourth-order valence-electron chi connectivity index (χ4n) is 3.64. The Hall–Kier alpha value is -3.14. The quantitative estimate of drug-likeness (QED) is 0.800. The zero-order valence-electron chi connectivity index (χ0n) is 16.4. The number of anilines is 2. The van der Waals surface area contributed by atoms with Gasteiger partial charge in [0, 0.05) is 25.1 Å². The van der Waals surface area contributed by atoms with E-state index >= 15 is 0 Å². The summed E-state index contributed by atoms with van der Waals surface area (Å²) >= 11 is 0. The van der Waals surface area contributed by atoms with Crippen molar-refractivity contribution in [2.24, 2.45) is 0 Å². The molecule has 7 nitrogen and oxygen atoms in total. The van der Waals surface area contributed by atoms with Crippen LogP contribution in [0.5, 0.6) is 0 Å². The summed E-state index contributed by atoms with van der Waals surface area (Å²) in [5.74, 6) is 0.000373. The molecular formula is C21H25N5O2. The summed E-state index contributed by atoms with van der Waals surface area (Å²) in [5.41, 5.74) is 4.38. The summed E-state index contributed by atoms with van der Waals surface area (Å²) < 4.78 is 1.83. The number of aromatic nitrogens is 2. The monoisotopic (exact) mass is 379 g/mol. The Kier molecular flexibility index (Phi) is 6.09. The second kappa shape index (κ2) is 8.70. The molecular weight excluding hydrogens is 354 g/mol. The lowest BCUT2D eigenvalue weighted by Crippen LogP contribution is -2.25. The Labute approximate surface area is 164 Å². The topological polar surface area (TPSA) is 91.0 Å². The van der Waals surface area contributed by atoms with E-state index in [9.17, 15) is 9.59 Å². The van der Waals surface area contributed by atoms with E-state index in [1.54, 1.807) is 4.90 Å². The molecule has 2 amide bonds. The van der Waals surface area contributed by atoms with Crippen LogP contribution < -0.4 is 10.2 Å². The van der Waals surface area contributed by atoms with E-state index < -0.39 is 0 Å². The van der Waals surface area contributed by atoms with Crippen LogP contribution in [-0.4, -0.2) is 28.1 Å². The van der Waals surface area contributed by atoms with Crippen molar-refractivity contribution < 1.29 is 9.59 Å². The number of hydrogen-bond acceptors (Lipinski definition) is 4. The molecule has 2 aromatic rings. The molecule has 1 N–H and O–H groups in total. The first kappa shape index (κ1) is 19.6. The van der Waals surface area contributed by atoms with Crippen molar-refractivity contribution in [3.8, 4) is 6.07 Å². The number of nitriles is 1. The lowest BCUT2D eigenvalue weighted by Gasteiger charge is -2.20. The number of para-hydroxylation sites is 2. The van der Waals surface area contributed by atoms with Gasteiger partial charge in [-0.15, -0.1) is 0 Å². The van der Waals surface area contributed by atoms with Crippen molar-refractivity contribution in [3.63, 3.8) is 0 Å². The fourth-order valence-corrected chi connectivity index (χ4v) is 3.64. The smallest absolute Gasteiger partial charge is 0.227 e. The highest BCUT2D eigenvalue weighted by Gasteiger charge is 2.24. The zero-order chi connectivity index (χ0) is 20.1. The minimum Gasteiger partial charge on any atom is -0.324 e. The molecule has 0 unspecified atom stereocenters. The number of amides is 2. The summed E-state index contributed by atoms with van der Waals surface area (Å²) in [7, 11) is 0. The number of hydrogen-bond donors (Lipinski definition) is 1. The van der Waals surface area contributed by atoms with Gasteiger partial charge in [-0.25, -0.2) is 0 Å². The summed E-state index contributed by atoms with van der Waals surface area (Å²) in [4.78, 5) is 26.3. The van der Waals surface area contributed by atoms with Crippen LogP contribution in [0.25, 0.3) is 0 Å². The minimum atomic E-state index is -0.0947. The third kappa shape index (κ3) is 4.22. The number of benzene rings is 1. The Morgan fingerprint density at radius 1 is 1.32 bits per heavy atom. The number of carbonyl (C=O) groups is 2. The number of carbonyl (C=O) groups excluding carboxylic acids is 2. The highest BCUT2D eigenvalue weighted by Crippen LogP contribution is 2.29. The molecule has 0 bridgehead atoms. The SMILES string of the molecule is Cc1nn(CCC#N)c(C)c1CCC(=O)Nc1ccccc1N1CCCC1=O. The molecule has 1 aliphatic heterocycles. The molecule has 0 radical (unpaired) electrons. The van der Waals surface area contributed by atoms with Gasteiger partial charge < -0.3 is 10.2 Å². The predicted octanol–water partition coefficient (Wildman–Crippen LogP) is 3.11. The summed E-state index contributed by atoms with van der Waals surface area (Å²) in [5, 5.41) is 16.2. The number of rotatable bonds is 7. The van der Waals surface area contributed by atoms with Gasteiger partial charge in [0.2, 0.25) is 11.8 Å². The Balaban J connectivity index is 1.65. The van der Waals surface area contributed by atoms with Crippen molar-refractivity contribution in [1.29, 1.82) is 5.26 Å². The van der Waals surface area contributed by atoms with Crippen molar-refractivity contribution >= 4 is 23.2 Å². The Bertz CT molecular complexity index is 925. The summed E-state index contributed by atoms with van der Waals surface area (Å²) in [6, 6.07) is 9.55. The summed E-state index contributed by atoms with van der Waals surface area (Å²) in [6.45, 7) is 5.15. The molecule has 3 rings (SSSR count). The van der Waals surface area contributed by atoms with Crippen LogP contribution in [0.4, 0.5) is 11.4 Å². The van der Waals surface area contributed by atoms with Crippen molar-refractivity contribution in [1.82, 2.24) is 9.78 Å². The van der Waals surface area contributed by atoms with Crippen LogP contribution in [-0.2, 0) is 22.6 Å². The maximum atomic E-state index is 12.6. The van der Waals surface area contributed by atoms with E-state index in [0.717, 1.165) is 29.1 Å². The molecule has 1 aliphatic rings.